The molecule has 0 radical (unpaired) electrons. The Morgan fingerprint density at radius 2 is 1.90 bits per heavy atom. The summed E-state index contributed by atoms with van der Waals surface area (Å²) in [6, 6.07) is 0.114. The van der Waals surface area contributed by atoms with E-state index in [-0.39, 0.29) is 17.3 Å². The van der Waals surface area contributed by atoms with Gasteiger partial charge in [0.2, 0.25) is 0 Å². The maximum absolute atomic E-state index is 11.6. The molecule has 2 fully saturated rings. The third-order valence-corrected chi connectivity index (χ3v) is 6.04. The van der Waals surface area contributed by atoms with E-state index in [4.69, 9.17) is 0 Å². The highest BCUT2D eigenvalue weighted by Crippen LogP contribution is 2.29. The zero-order valence-corrected chi connectivity index (χ0v) is 13.9. The van der Waals surface area contributed by atoms with Gasteiger partial charge in [0, 0.05) is 24.4 Å². The number of piperidine rings is 1. The van der Waals surface area contributed by atoms with E-state index in [0.717, 1.165) is 52.0 Å². The molecule has 0 saturated carbocycles. The summed E-state index contributed by atoms with van der Waals surface area (Å²) in [5, 5.41) is 3.44. The van der Waals surface area contributed by atoms with Crippen LogP contribution in [0.5, 0.6) is 0 Å². The summed E-state index contributed by atoms with van der Waals surface area (Å²) >= 11 is 0. The molecule has 2 aliphatic heterocycles. The lowest BCUT2D eigenvalue weighted by Crippen LogP contribution is -2.58. The first kappa shape index (κ1) is 16.2. The first-order chi connectivity index (χ1) is 9.32. The van der Waals surface area contributed by atoms with Gasteiger partial charge in [0.1, 0.15) is 9.84 Å². The maximum Gasteiger partial charge on any atom is 0.148 e. The molecule has 0 aromatic heterocycles. The highest BCUT2D eigenvalue weighted by atomic mass is 32.2. The molecule has 20 heavy (non-hydrogen) atoms. The predicted octanol–water partition coefficient (Wildman–Crippen LogP) is 0.179. The van der Waals surface area contributed by atoms with E-state index in [9.17, 15) is 8.42 Å². The lowest BCUT2D eigenvalue weighted by Gasteiger charge is -2.46. The fourth-order valence-electron chi connectivity index (χ4n) is 3.68. The molecular formula is C14H29N3O2S. The summed E-state index contributed by atoms with van der Waals surface area (Å²) in [7, 11) is -0.676. The third-order valence-electron chi connectivity index (χ3n) is 4.95. The van der Waals surface area contributed by atoms with Gasteiger partial charge < -0.3 is 5.32 Å². The van der Waals surface area contributed by atoms with Gasteiger partial charge in [-0.05, 0) is 59.4 Å². The predicted molar refractivity (Wildman–Crippen MR) is 82.8 cm³/mol. The summed E-state index contributed by atoms with van der Waals surface area (Å²) in [6.45, 7) is 7.32. The molecule has 0 bridgehead atoms. The van der Waals surface area contributed by atoms with Crippen LogP contribution in [0.2, 0.25) is 0 Å². The van der Waals surface area contributed by atoms with Crippen molar-refractivity contribution < 1.29 is 8.42 Å². The quantitative estimate of drug-likeness (QED) is 0.806. The number of hydrogen-bond acceptors (Lipinski definition) is 5. The molecule has 0 unspecified atom stereocenters. The molecule has 2 heterocycles. The van der Waals surface area contributed by atoms with Gasteiger partial charge in [-0.3, -0.25) is 9.80 Å². The Morgan fingerprint density at radius 3 is 2.50 bits per heavy atom. The Kier molecular flexibility index (Phi) is 5.10. The topological polar surface area (TPSA) is 52.7 Å². The van der Waals surface area contributed by atoms with Gasteiger partial charge in [-0.1, -0.05) is 0 Å². The van der Waals surface area contributed by atoms with Crippen LogP contribution in [-0.2, 0) is 9.84 Å². The fraction of sp³-hybridized carbons (Fsp3) is 1.00. The third kappa shape index (κ3) is 3.93. The first-order valence-corrected chi connectivity index (χ1v) is 9.72. The summed E-state index contributed by atoms with van der Waals surface area (Å²) in [4.78, 5) is 4.91. The first-order valence-electron chi connectivity index (χ1n) is 7.66. The van der Waals surface area contributed by atoms with Crippen molar-refractivity contribution >= 4 is 9.84 Å². The largest absolute Gasteiger partial charge is 0.317 e. The zero-order chi connectivity index (χ0) is 14.8. The van der Waals surface area contributed by atoms with Crippen LogP contribution in [0, 0.1) is 0 Å². The fourth-order valence-corrected chi connectivity index (χ4v) is 4.76. The highest BCUT2D eigenvalue weighted by molar-refractivity contribution is 7.90. The SMILES string of the molecule is C[C@@H](CS(C)(=O)=O)N1CCCN(C)C2(CCNCC2)C1. The molecule has 2 saturated heterocycles. The number of nitrogens with one attached hydrogen (secondary N) is 1. The van der Waals surface area contributed by atoms with Gasteiger partial charge in [0.05, 0.1) is 5.75 Å². The zero-order valence-electron chi connectivity index (χ0n) is 13.1. The molecule has 0 aliphatic carbocycles. The molecule has 2 rings (SSSR count). The molecule has 5 nitrogen and oxygen atoms in total. The minimum absolute atomic E-state index is 0.114. The number of nitrogens with zero attached hydrogens (tertiary/aromatic N) is 2. The van der Waals surface area contributed by atoms with Gasteiger partial charge in [-0.25, -0.2) is 8.42 Å². The maximum atomic E-state index is 11.6. The number of rotatable bonds is 3. The number of sulfone groups is 1. The van der Waals surface area contributed by atoms with Crippen LogP contribution in [0.25, 0.3) is 0 Å². The van der Waals surface area contributed by atoms with Crippen molar-refractivity contribution in [3.63, 3.8) is 0 Å². The van der Waals surface area contributed by atoms with E-state index in [2.05, 4.69) is 29.1 Å². The summed E-state index contributed by atoms with van der Waals surface area (Å²) < 4.78 is 23.1. The Balaban J connectivity index is 2.10. The number of hydrogen-bond donors (Lipinski definition) is 1. The van der Waals surface area contributed by atoms with Crippen molar-refractivity contribution in [2.24, 2.45) is 0 Å². The second kappa shape index (κ2) is 6.30. The second-order valence-corrected chi connectivity index (χ2v) is 8.85. The van der Waals surface area contributed by atoms with Crippen molar-refractivity contribution in [3.05, 3.63) is 0 Å². The van der Waals surface area contributed by atoms with Gasteiger partial charge in [0.25, 0.3) is 0 Å². The molecule has 1 spiro atoms. The highest BCUT2D eigenvalue weighted by Gasteiger charge is 2.40. The minimum atomic E-state index is -2.91. The lowest BCUT2D eigenvalue weighted by molar-refractivity contribution is 0.0576. The summed E-state index contributed by atoms with van der Waals surface area (Å²) in [6.07, 6.45) is 4.78. The summed E-state index contributed by atoms with van der Waals surface area (Å²) in [5.41, 5.74) is 0.230. The molecule has 0 aromatic rings. The van der Waals surface area contributed by atoms with Crippen LogP contribution in [0.1, 0.15) is 26.2 Å². The average Bonchev–Trinajstić information content (AvgIpc) is 2.50. The van der Waals surface area contributed by atoms with Gasteiger partial charge in [-0.2, -0.15) is 0 Å². The lowest BCUT2D eigenvalue weighted by atomic mass is 9.86. The van der Waals surface area contributed by atoms with Crippen LogP contribution in [0.3, 0.4) is 0 Å². The Morgan fingerprint density at radius 1 is 1.25 bits per heavy atom. The second-order valence-electron chi connectivity index (χ2n) is 6.66. The van der Waals surface area contributed by atoms with Crippen molar-refractivity contribution in [2.45, 2.75) is 37.8 Å². The molecule has 0 aromatic carbocycles. The van der Waals surface area contributed by atoms with Crippen LogP contribution >= 0.6 is 0 Å². The van der Waals surface area contributed by atoms with Gasteiger partial charge in [0.15, 0.2) is 0 Å². The van der Waals surface area contributed by atoms with Crippen LogP contribution in [0.4, 0.5) is 0 Å². The smallest absolute Gasteiger partial charge is 0.148 e. The van der Waals surface area contributed by atoms with E-state index < -0.39 is 9.84 Å². The summed E-state index contributed by atoms with van der Waals surface area (Å²) in [5.74, 6) is 0.269. The molecule has 1 atom stereocenters. The monoisotopic (exact) mass is 303 g/mol. The van der Waals surface area contributed by atoms with Gasteiger partial charge >= 0.3 is 0 Å². The van der Waals surface area contributed by atoms with E-state index in [1.807, 2.05) is 0 Å². The Bertz CT molecular complexity index is 418. The number of likely N-dealkylation sites (N-methyl/N-ethyl adjacent to an activating group) is 1. The minimum Gasteiger partial charge on any atom is -0.317 e. The molecule has 2 aliphatic rings. The molecular weight excluding hydrogens is 274 g/mol. The normalized spacial score (nSPS) is 27.4. The van der Waals surface area contributed by atoms with Crippen LogP contribution < -0.4 is 5.32 Å². The van der Waals surface area contributed by atoms with E-state index in [0.29, 0.717) is 0 Å². The Labute approximate surface area is 123 Å². The Hall–Kier alpha value is -0.170. The van der Waals surface area contributed by atoms with Gasteiger partial charge in [-0.15, -0.1) is 0 Å². The van der Waals surface area contributed by atoms with E-state index in [1.165, 1.54) is 6.26 Å². The van der Waals surface area contributed by atoms with Crippen molar-refractivity contribution in [1.29, 1.82) is 0 Å². The van der Waals surface area contributed by atoms with Crippen molar-refractivity contribution in [1.82, 2.24) is 15.1 Å². The average molecular weight is 303 g/mol. The van der Waals surface area contributed by atoms with Crippen LogP contribution in [-0.4, -0.2) is 81.6 Å². The molecule has 0 amide bonds. The van der Waals surface area contributed by atoms with E-state index >= 15 is 0 Å². The van der Waals surface area contributed by atoms with Crippen molar-refractivity contribution in [2.75, 3.05) is 51.8 Å². The van der Waals surface area contributed by atoms with Crippen LogP contribution in [0.15, 0.2) is 0 Å². The van der Waals surface area contributed by atoms with E-state index in [1.54, 1.807) is 0 Å². The molecule has 118 valence electrons. The standard InChI is InChI=1S/C14H29N3O2S/c1-13(11-20(3,18)19)17-10-4-9-16(2)14(12-17)5-7-15-8-6-14/h13,15H,4-12H2,1-3H3/t13-/m0/s1. The van der Waals surface area contributed by atoms with Crippen molar-refractivity contribution in [3.8, 4) is 0 Å². The molecule has 1 N–H and O–H groups in total. The molecule has 6 heteroatoms.